The number of carboxylic acid groups (broad SMARTS) is 1. The molecule has 21 heavy (non-hydrogen) atoms. The van der Waals surface area contributed by atoms with E-state index in [1.165, 1.54) is 30.3 Å². The van der Waals surface area contributed by atoms with Crippen LogP contribution in [-0.2, 0) is 14.6 Å². The number of carbonyl (C=O) groups excluding carboxylic acids is 1. The van der Waals surface area contributed by atoms with E-state index in [1.54, 1.807) is 0 Å². The molecular weight excluding hydrogens is 296 g/mol. The molecule has 106 valence electrons. The van der Waals surface area contributed by atoms with Gasteiger partial charge in [-0.1, -0.05) is 6.07 Å². The highest BCUT2D eigenvalue weighted by atomic mass is 32.2. The number of hydrogen-bond acceptors (Lipinski definition) is 5. The third kappa shape index (κ3) is 1.90. The van der Waals surface area contributed by atoms with Crippen molar-refractivity contribution in [2.75, 3.05) is 0 Å². The van der Waals surface area contributed by atoms with Crippen molar-refractivity contribution in [2.24, 2.45) is 0 Å². The summed E-state index contributed by atoms with van der Waals surface area (Å²) >= 11 is 0. The predicted molar refractivity (Wildman–Crippen MR) is 71.0 cm³/mol. The van der Waals surface area contributed by atoms with Gasteiger partial charge in [-0.3, -0.25) is 4.79 Å². The lowest BCUT2D eigenvalue weighted by molar-refractivity contribution is -0.120. The Hall–Kier alpha value is -2.67. The number of carbonyl (C=O) groups is 2. The van der Waals surface area contributed by atoms with Crippen LogP contribution in [0.3, 0.4) is 0 Å². The van der Waals surface area contributed by atoms with Crippen molar-refractivity contribution in [2.45, 2.75) is 9.79 Å². The lowest BCUT2D eigenvalue weighted by atomic mass is 10.0. The van der Waals surface area contributed by atoms with E-state index in [-0.39, 0.29) is 27.6 Å². The van der Waals surface area contributed by atoms with Gasteiger partial charge in [-0.2, -0.15) is 0 Å². The number of benzene rings is 2. The molecule has 0 spiro atoms. The van der Waals surface area contributed by atoms with Crippen LogP contribution >= 0.6 is 0 Å². The zero-order valence-corrected chi connectivity index (χ0v) is 11.3. The summed E-state index contributed by atoms with van der Waals surface area (Å²) in [6.45, 7) is 0.207. The highest BCUT2D eigenvalue weighted by molar-refractivity contribution is 7.92. The SMILES string of the molecule is O=COc1ccc2c(c1)S(=O)(=O)c1cc(C(=O)O)ccc1-2. The molecule has 0 amide bonds. The maximum absolute atomic E-state index is 12.5. The van der Waals surface area contributed by atoms with Crippen molar-refractivity contribution in [3.05, 3.63) is 42.0 Å². The number of fused-ring (bicyclic) bond motifs is 3. The Kier molecular flexibility index (Phi) is 2.80. The van der Waals surface area contributed by atoms with E-state index in [1.807, 2.05) is 0 Å². The molecule has 1 aliphatic heterocycles. The van der Waals surface area contributed by atoms with Gasteiger partial charge in [0, 0.05) is 17.2 Å². The predicted octanol–water partition coefficient (Wildman–Crippen LogP) is 1.73. The molecule has 0 saturated heterocycles. The van der Waals surface area contributed by atoms with Crippen LogP contribution in [0.2, 0.25) is 0 Å². The minimum atomic E-state index is -3.82. The molecule has 0 radical (unpaired) electrons. The van der Waals surface area contributed by atoms with Crippen molar-refractivity contribution in [3.8, 4) is 16.9 Å². The van der Waals surface area contributed by atoms with Gasteiger partial charge in [-0.15, -0.1) is 0 Å². The molecule has 2 aromatic carbocycles. The minimum Gasteiger partial charge on any atom is -0.478 e. The smallest absolute Gasteiger partial charge is 0.335 e. The highest BCUT2D eigenvalue weighted by Gasteiger charge is 2.34. The van der Waals surface area contributed by atoms with Crippen molar-refractivity contribution >= 4 is 22.3 Å². The summed E-state index contributed by atoms with van der Waals surface area (Å²) in [5.74, 6) is -1.09. The van der Waals surface area contributed by atoms with Gasteiger partial charge in [0.1, 0.15) is 5.75 Å². The van der Waals surface area contributed by atoms with Gasteiger partial charge in [-0.05, 0) is 24.3 Å². The quantitative estimate of drug-likeness (QED) is 0.740. The van der Waals surface area contributed by atoms with Crippen molar-refractivity contribution in [3.63, 3.8) is 0 Å². The Morgan fingerprint density at radius 3 is 2.29 bits per heavy atom. The van der Waals surface area contributed by atoms with Gasteiger partial charge in [0.15, 0.2) is 0 Å². The Morgan fingerprint density at radius 1 is 1.05 bits per heavy atom. The van der Waals surface area contributed by atoms with Crippen LogP contribution in [0.1, 0.15) is 10.4 Å². The zero-order valence-electron chi connectivity index (χ0n) is 10.4. The number of aromatic carboxylic acids is 1. The van der Waals surface area contributed by atoms with Crippen molar-refractivity contribution in [1.29, 1.82) is 0 Å². The average molecular weight is 304 g/mol. The van der Waals surface area contributed by atoms with E-state index in [2.05, 4.69) is 4.74 Å². The first-order valence-corrected chi connectivity index (χ1v) is 7.30. The van der Waals surface area contributed by atoms with Crippen LogP contribution in [0.15, 0.2) is 46.2 Å². The first kappa shape index (κ1) is 13.3. The first-order chi connectivity index (χ1) is 9.95. The maximum Gasteiger partial charge on any atom is 0.335 e. The summed E-state index contributed by atoms with van der Waals surface area (Å²) in [5.41, 5.74) is 0.794. The summed E-state index contributed by atoms with van der Waals surface area (Å²) in [5, 5.41) is 8.96. The number of rotatable bonds is 3. The summed E-state index contributed by atoms with van der Waals surface area (Å²) in [7, 11) is -3.82. The second-order valence-corrected chi connectivity index (χ2v) is 6.28. The summed E-state index contributed by atoms with van der Waals surface area (Å²) < 4.78 is 29.6. The molecule has 1 aliphatic rings. The molecule has 2 aromatic rings. The molecule has 1 N–H and O–H groups in total. The standard InChI is InChI=1S/C14H8O6S/c15-7-20-9-2-4-11-10-3-1-8(14(16)17)5-12(10)21(18,19)13(11)6-9/h1-7H,(H,16,17). The molecule has 0 bridgehead atoms. The fourth-order valence-electron chi connectivity index (χ4n) is 2.30. The largest absolute Gasteiger partial charge is 0.478 e. The second kappa shape index (κ2) is 4.42. The fourth-order valence-corrected chi connectivity index (χ4v) is 4.02. The first-order valence-electron chi connectivity index (χ1n) is 5.82. The lowest BCUT2D eigenvalue weighted by Gasteiger charge is -2.01. The van der Waals surface area contributed by atoms with Gasteiger partial charge in [0.2, 0.25) is 9.84 Å². The Morgan fingerprint density at radius 2 is 1.67 bits per heavy atom. The Balaban J connectivity index is 2.27. The molecule has 0 fully saturated rings. The minimum absolute atomic E-state index is 0.000566. The van der Waals surface area contributed by atoms with E-state index in [4.69, 9.17) is 5.11 Å². The van der Waals surface area contributed by atoms with Crippen LogP contribution in [0.4, 0.5) is 0 Å². The summed E-state index contributed by atoms with van der Waals surface area (Å²) in [4.78, 5) is 21.3. The molecule has 3 rings (SSSR count). The van der Waals surface area contributed by atoms with Crippen molar-refractivity contribution in [1.82, 2.24) is 0 Å². The van der Waals surface area contributed by atoms with Gasteiger partial charge in [0.25, 0.3) is 6.47 Å². The number of carboxylic acids is 1. The molecule has 1 heterocycles. The van der Waals surface area contributed by atoms with Gasteiger partial charge in [0.05, 0.1) is 15.4 Å². The fraction of sp³-hybridized carbons (Fsp3) is 0. The molecule has 7 heteroatoms. The van der Waals surface area contributed by atoms with Crippen LogP contribution in [-0.4, -0.2) is 26.0 Å². The number of sulfone groups is 1. The summed E-state index contributed by atoms with van der Waals surface area (Å²) in [6.07, 6.45) is 0. The molecular formula is C14H8O6S. The third-order valence-electron chi connectivity index (χ3n) is 3.24. The summed E-state index contributed by atoms with van der Waals surface area (Å²) in [6, 6.07) is 8.19. The zero-order chi connectivity index (χ0) is 15.2. The normalized spacial score (nSPS) is 14.1. The molecule has 0 aliphatic carbocycles. The molecule has 0 atom stereocenters. The van der Waals surface area contributed by atoms with E-state index >= 15 is 0 Å². The van der Waals surface area contributed by atoms with Gasteiger partial charge in [-0.25, -0.2) is 13.2 Å². The number of ether oxygens (including phenoxy) is 1. The van der Waals surface area contributed by atoms with E-state index in [9.17, 15) is 18.0 Å². The molecule has 0 saturated carbocycles. The monoisotopic (exact) mass is 304 g/mol. The van der Waals surface area contributed by atoms with Crippen LogP contribution in [0, 0.1) is 0 Å². The van der Waals surface area contributed by atoms with Crippen LogP contribution in [0.25, 0.3) is 11.1 Å². The third-order valence-corrected chi connectivity index (χ3v) is 5.07. The van der Waals surface area contributed by atoms with Gasteiger partial charge >= 0.3 is 5.97 Å². The lowest BCUT2D eigenvalue weighted by Crippen LogP contribution is -2.01. The van der Waals surface area contributed by atoms with E-state index in [0.29, 0.717) is 11.1 Å². The van der Waals surface area contributed by atoms with Gasteiger partial charge < -0.3 is 9.84 Å². The van der Waals surface area contributed by atoms with Crippen molar-refractivity contribution < 1.29 is 27.9 Å². The van der Waals surface area contributed by atoms with E-state index in [0.717, 1.165) is 6.07 Å². The Labute approximate surface area is 119 Å². The van der Waals surface area contributed by atoms with E-state index < -0.39 is 15.8 Å². The molecule has 0 aromatic heterocycles. The molecule has 6 nitrogen and oxygen atoms in total. The van der Waals surface area contributed by atoms with Crippen LogP contribution < -0.4 is 4.74 Å². The van der Waals surface area contributed by atoms with Crippen LogP contribution in [0.5, 0.6) is 5.75 Å². The highest BCUT2D eigenvalue weighted by Crippen LogP contribution is 2.44. The second-order valence-electron chi connectivity index (χ2n) is 4.39. The number of hydrogen-bond donors (Lipinski definition) is 1. The Bertz CT molecular complexity index is 882. The maximum atomic E-state index is 12.5. The topological polar surface area (TPSA) is 97.7 Å². The molecule has 0 unspecified atom stereocenters. The average Bonchev–Trinajstić information content (AvgIpc) is 2.68.